The molecular formula is C39H45NO6S2. The maximum atomic E-state index is 13.7. The number of phenolic OH excluding ortho intramolecular Hbond substituents is 3. The molecule has 0 amide bonds. The summed E-state index contributed by atoms with van der Waals surface area (Å²) >= 11 is 0. The zero-order chi connectivity index (χ0) is 33.5. The molecule has 7 nitrogen and oxygen atoms in total. The van der Waals surface area contributed by atoms with Crippen LogP contribution in [0.5, 0.6) is 23.0 Å². The van der Waals surface area contributed by atoms with Gasteiger partial charge in [0.15, 0.2) is 11.5 Å². The van der Waals surface area contributed by atoms with Crippen molar-refractivity contribution < 1.29 is 29.6 Å². The summed E-state index contributed by atoms with van der Waals surface area (Å²) in [5, 5.41) is 37.2. The maximum absolute atomic E-state index is 13.7. The normalized spacial score (nSPS) is 19.1. The van der Waals surface area contributed by atoms with Crippen molar-refractivity contribution in [3.05, 3.63) is 83.4 Å². The van der Waals surface area contributed by atoms with Gasteiger partial charge in [0.05, 0.1) is 13.2 Å². The molecule has 1 heterocycles. The van der Waals surface area contributed by atoms with Gasteiger partial charge in [-0.3, -0.25) is 10.1 Å². The third-order valence-electron chi connectivity index (χ3n) is 9.48. The number of ketones is 1. The molecule has 0 unspecified atom stereocenters. The zero-order valence-corrected chi connectivity index (χ0v) is 29.1. The van der Waals surface area contributed by atoms with E-state index >= 15 is 0 Å². The number of hydrogen-bond acceptors (Lipinski definition) is 9. The van der Waals surface area contributed by atoms with Crippen LogP contribution < -0.4 is 10.1 Å². The van der Waals surface area contributed by atoms with Crippen LogP contribution in [0, 0.1) is 0 Å². The number of hydrogen-bond donors (Lipinski definition) is 4. The molecule has 48 heavy (non-hydrogen) atoms. The lowest BCUT2D eigenvalue weighted by molar-refractivity contribution is -0.124. The minimum atomic E-state index is -0.410. The largest absolute Gasteiger partial charge is 0.508 e. The lowest BCUT2D eigenvalue weighted by Gasteiger charge is -2.29. The number of fused-ring (bicyclic) bond motifs is 5. The number of Topliss-reactive ketones (excluding diaryl/α,β-unsaturated/α-hetero) is 1. The highest BCUT2D eigenvalue weighted by molar-refractivity contribution is 8.76. The number of aryl methyl sites for hydroxylation is 1. The van der Waals surface area contributed by atoms with Gasteiger partial charge >= 0.3 is 0 Å². The Kier molecular flexibility index (Phi) is 11.8. The molecule has 0 saturated heterocycles. The van der Waals surface area contributed by atoms with Crippen molar-refractivity contribution in [3.8, 4) is 34.1 Å². The van der Waals surface area contributed by atoms with E-state index in [1.165, 1.54) is 12.8 Å². The highest BCUT2D eigenvalue weighted by Crippen LogP contribution is 2.45. The first-order valence-electron chi connectivity index (χ1n) is 17.0. The predicted molar refractivity (Wildman–Crippen MR) is 196 cm³/mol. The lowest BCUT2D eigenvalue weighted by atomic mass is 9.89. The molecule has 254 valence electrons. The fourth-order valence-electron chi connectivity index (χ4n) is 7.02. The molecule has 1 saturated carbocycles. The van der Waals surface area contributed by atoms with E-state index in [4.69, 9.17) is 9.47 Å². The smallest absolute Gasteiger partial charge is 0.168 e. The molecule has 1 aliphatic heterocycles. The summed E-state index contributed by atoms with van der Waals surface area (Å²) in [6, 6.07) is 20.6. The van der Waals surface area contributed by atoms with E-state index in [2.05, 4.69) is 11.4 Å². The molecule has 2 atom stereocenters. The monoisotopic (exact) mass is 687 g/mol. The highest BCUT2D eigenvalue weighted by atomic mass is 33.1. The molecule has 2 aliphatic rings. The third-order valence-corrected chi connectivity index (χ3v) is 11.9. The first-order chi connectivity index (χ1) is 23.4. The first-order valence-corrected chi connectivity index (χ1v) is 19.5. The molecule has 4 aromatic rings. The van der Waals surface area contributed by atoms with Crippen molar-refractivity contribution in [1.29, 1.82) is 0 Å². The Labute approximate surface area is 290 Å². The molecule has 0 aromatic heterocycles. The van der Waals surface area contributed by atoms with Gasteiger partial charge in [0, 0.05) is 36.0 Å². The van der Waals surface area contributed by atoms with Crippen LogP contribution in [0.4, 0.5) is 0 Å². The summed E-state index contributed by atoms with van der Waals surface area (Å²) < 4.78 is 12.6. The van der Waals surface area contributed by atoms with E-state index in [0.29, 0.717) is 36.8 Å². The van der Waals surface area contributed by atoms with E-state index < -0.39 is 6.23 Å². The Hall–Kier alpha value is -3.37. The molecule has 9 heteroatoms. The number of ether oxygens (including phenoxy) is 2. The standard InChI is InChI=1S/C39H45NO6S2/c1-45-38-36(44)19-15-26-13-17-30(42)22-32(46-39(40-28-8-2-3-9-28)27-7-6-10-29(41)21-27)11-4-5-20-47-48-24-35-33(37(26)38)18-14-25-12-16-31(43)23-34(25)35/h6-7,10,12,14-16,18-19,21,23,28,32,39-41,43-44H,2-5,8-9,11,13,17,20,22,24H2,1H3/t32-,39+/m1/s1. The van der Waals surface area contributed by atoms with Crippen molar-refractivity contribution >= 4 is 38.1 Å². The molecule has 0 bridgehead atoms. The number of nitrogens with one attached hydrogen (secondary N) is 1. The summed E-state index contributed by atoms with van der Waals surface area (Å²) in [5.41, 5.74) is 4.55. The molecule has 4 aromatic carbocycles. The second-order valence-electron chi connectivity index (χ2n) is 12.9. The van der Waals surface area contributed by atoms with Crippen molar-refractivity contribution in [2.45, 2.75) is 88.3 Å². The molecule has 1 aliphatic carbocycles. The fourth-order valence-corrected chi connectivity index (χ4v) is 9.29. The first kappa shape index (κ1) is 34.5. The molecular weight excluding hydrogens is 643 g/mol. The average Bonchev–Trinajstić information content (AvgIpc) is 3.59. The van der Waals surface area contributed by atoms with Crippen LogP contribution >= 0.6 is 21.6 Å². The molecule has 0 radical (unpaired) electrons. The fraction of sp³-hybridized carbons (Fsp3) is 0.410. The molecule has 0 spiro atoms. The predicted octanol–water partition coefficient (Wildman–Crippen LogP) is 9.21. The van der Waals surface area contributed by atoms with Gasteiger partial charge in [-0.1, -0.05) is 77.2 Å². The van der Waals surface area contributed by atoms with Crippen molar-refractivity contribution in [1.82, 2.24) is 5.32 Å². The van der Waals surface area contributed by atoms with E-state index in [1.807, 2.05) is 47.2 Å². The summed E-state index contributed by atoms with van der Waals surface area (Å²) in [5.74, 6) is 2.60. The van der Waals surface area contributed by atoms with Crippen molar-refractivity contribution in [2.24, 2.45) is 0 Å². The van der Waals surface area contributed by atoms with Crippen LogP contribution in [0.2, 0.25) is 0 Å². The second-order valence-corrected chi connectivity index (χ2v) is 15.4. The Bertz CT molecular complexity index is 1720. The number of rotatable bonds is 6. The van der Waals surface area contributed by atoms with Gasteiger partial charge in [-0.25, -0.2) is 0 Å². The minimum absolute atomic E-state index is 0.0437. The lowest BCUT2D eigenvalue weighted by Crippen LogP contribution is -2.35. The Balaban J connectivity index is 1.30. The van der Waals surface area contributed by atoms with Crippen LogP contribution in [0.1, 0.15) is 80.7 Å². The van der Waals surface area contributed by atoms with E-state index in [1.54, 1.807) is 42.2 Å². The number of benzene rings is 4. The molecule has 4 N–H and O–H groups in total. The van der Waals surface area contributed by atoms with Crippen LogP contribution in [0.15, 0.2) is 66.7 Å². The summed E-state index contributed by atoms with van der Waals surface area (Å²) in [4.78, 5) is 13.7. The van der Waals surface area contributed by atoms with E-state index in [9.17, 15) is 20.1 Å². The van der Waals surface area contributed by atoms with Gasteiger partial charge in [0.25, 0.3) is 0 Å². The van der Waals surface area contributed by atoms with Gasteiger partial charge in [-0.15, -0.1) is 0 Å². The van der Waals surface area contributed by atoms with Crippen LogP contribution in [0.25, 0.3) is 21.9 Å². The van der Waals surface area contributed by atoms with Gasteiger partial charge in [-0.05, 0) is 95.5 Å². The van der Waals surface area contributed by atoms with Crippen molar-refractivity contribution in [2.75, 3.05) is 12.9 Å². The van der Waals surface area contributed by atoms with Crippen LogP contribution in [-0.2, 0) is 21.7 Å². The zero-order valence-electron chi connectivity index (χ0n) is 27.5. The Morgan fingerprint density at radius 2 is 1.65 bits per heavy atom. The molecule has 6 rings (SSSR count). The maximum Gasteiger partial charge on any atom is 0.168 e. The summed E-state index contributed by atoms with van der Waals surface area (Å²) in [6.45, 7) is 0. The van der Waals surface area contributed by atoms with E-state index in [0.717, 1.165) is 76.4 Å². The van der Waals surface area contributed by atoms with E-state index in [-0.39, 0.29) is 29.1 Å². The summed E-state index contributed by atoms with van der Waals surface area (Å²) in [7, 11) is 5.16. The minimum Gasteiger partial charge on any atom is -0.508 e. The van der Waals surface area contributed by atoms with Gasteiger partial charge in [0.2, 0.25) is 0 Å². The number of phenols is 3. The van der Waals surface area contributed by atoms with Crippen LogP contribution in [-0.4, -0.2) is 46.1 Å². The Morgan fingerprint density at radius 1 is 0.854 bits per heavy atom. The quantitative estimate of drug-likeness (QED) is 0.117. The average molecular weight is 688 g/mol. The summed E-state index contributed by atoms with van der Waals surface area (Å²) in [6.07, 6.45) is 7.69. The number of carbonyl (C=O) groups excluding carboxylic acids is 1. The second kappa shape index (κ2) is 16.4. The third kappa shape index (κ3) is 8.43. The Morgan fingerprint density at radius 3 is 2.46 bits per heavy atom. The van der Waals surface area contributed by atoms with Crippen molar-refractivity contribution in [3.63, 3.8) is 0 Å². The number of methoxy groups -OCH3 is 1. The van der Waals surface area contributed by atoms with Gasteiger partial charge in [-0.2, -0.15) is 0 Å². The number of aromatic hydroxyl groups is 3. The topological polar surface area (TPSA) is 108 Å². The number of carbonyl (C=O) groups is 1. The van der Waals surface area contributed by atoms with Gasteiger partial charge in [0.1, 0.15) is 23.5 Å². The van der Waals surface area contributed by atoms with Crippen LogP contribution in [0.3, 0.4) is 0 Å². The molecule has 1 fully saturated rings. The highest BCUT2D eigenvalue weighted by Gasteiger charge is 2.26. The van der Waals surface area contributed by atoms with Gasteiger partial charge < -0.3 is 24.8 Å². The SMILES string of the molecule is COc1c(O)ccc2c1-c1ccc3ccc(O)cc3c1CSSCCCC[C@@H](O[C@H](NC1CCCC1)c1cccc(O)c1)CC(=O)CC2.